The van der Waals surface area contributed by atoms with Gasteiger partial charge in [-0.05, 0) is 43.0 Å². The standard InChI is InChI=1S/C12H17ClN2/c13-11-5-3-10(4-6-11)12(7-14)15-8-9-1-2-9/h3-6,9,12,15H,1-2,7-8,14H2. The van der Waals surface area contributed by atoms with Crippen LogP contribution in [0.4, 0.5) is 0 Å². The highest BCUT2D eigenvalue weighted by Gasteiger charge is 2.22. The topological polar surface area (TPSA) is 38.0 Å². The number of hydrogen-bond donors (Lipinski definition) is 2. The lowest BCUT2D eigenvalue weighted by Crippen LogP contribution is -2.29. The van der Waals surface area contributed by atoms with Crippen LogP contribution in [0.25, 0.3) is 0 Å². The molecule has 0 radical (unpaired) electrons. The van der Waals surface area contributed by atoms with Crippen molar-refractivity contribution in [2.75, 3.05) is 13.1 Å². The van der Waals surface area contributed by atoms with Gasteiger partial charge in [-0.1, -0.05) is 23.7 Å². The minimum atomic E-state index is 0.267. The molecule has 1 unspecified atom stereocenters. The van der Waals surface area contributed by atoms with Crippen molar-refractivity contribution in [3.8, 4) is 0 Å². The van der Waals surface area contributed by atoms with Crippen molar-refractivity contribution in [1.29, 1.82) is 0 Å². The van der Waals surface area contributed by atoms with E-state index in [0.29, 0.717) is 6.54 Å². The molecule has 2 rings (SSSR count). The Labute approximate surface area is 95.8 Å². The van der Waals surface area contributed by atoms with Crippen LogP contribution in [0.2, 0.25) is 5.02 Å². The van der Waals surface area contributed by atoms with Gasteiger partial charge in [-0.15, -0.1) is 0 Å². The zero-order valence-electron chi connectivity index (χ0n) is 8.75. The lowest BCUT2D eigenvalue weighted by atomic mass is 10.1. The average Bonchev–Trinajstić information content (AvgIpc) is 3.05. The molecular weight excluding hydrogens is 208 g/mol. The number of nitrogens with one attached hydrogen (secondary N) is 1. The molecule has 0 bridgehead atoms. The highest BCUT2D eigenvalue weighted by atomic mass is 35.5. The van der Waals surface area contributed by atoms with Crippen molar-refractivity contribution in [1.82, 2.24) is 5.32 Å². The maximum Gasteiger partial charge on any atom is 0.0444 e. The zero-order chi connectivity index (χ0) is 10.7. The monoisotopic (exact) mass is 224 g/mol. The van der Waals surface area contributed by atoms with Crippen molar-refractivity contribution in [2.24, 2.45) is 11.7 Å². The molecule has 3 N–H and O–H groups in total. The maximum absolute atomic E-state index is 5.85. The summed E-state index contributed by atoms with van der Waals surface area (Å²) >= 11 is 5.85. The molecular formula is C12H17ClN2. The van der Waals surface area contributed by atoms with Crippen LogP contribution in [0.3, 0.4) is 0 Å². The number of hydrogen-bond acceptors (Lipinski definition) is 2. The van der Waals surface area contributed by atoms with E-state index in [4.69, 9.17) is 17.3 Å². The van der Waals surface area contributed by atoms with Gasteiger partial charge in [0.1, 0.15) is 0 Å². The molecule has 0 aromatic heterocycles. The summed E-state index contributed by atoms with van der Waals surface area (Å²) in [7, 11) is 0. The Hall–Kier alpha value is -0.570. The van der Waals surface area contributed by atoms with E-state index in [9.17, 15) is 0 Å². The fourth-order valence-corrected chi connectivity index (χ4v) is 1.79. The number of halogens is 1. The third kappa shape index (κ3) is 3.20. The van der Waals surface area contributed by atoms with Crippen LogP contribution in [0.15, 0.2) is 24.3 Å². The average molecular weight is 225 g/mol. The smallest absolute Gasteiger partial charge is 0.0444 e. The lowest BCUT2D eigenvalue weighted by molar-refractivity contribution is 0.522. The van der Waals surface area contributed by atoms with Crippen LogP contribution in [0.1, 0.15) is 24.4 Å². The fraction of sp³-hybridized carbons (Fsp3) is 0.500. The minimum absolute atomic E-state index is 0.267. The van der Waals surface area contributed by atoms with E-state index in [1.165, 1.54) is 18.4 Å². The van der Waals surface area contributed by atoms with Gasteiger partial charge in [0, 0.05) is 17.6 Å². The fourth-order valence-electron chi connectivity index (χ4n) is 1.66. The van der Waals surface area contributed by atoms with Crippen LogP contribution in [-0.2, 0) is 0 Å². The maximum atomic E-state index is 5.85. The Morgan fingerprint density at radius 3 is 2.53 bits per heavy atom. The Morgan fingerprint density at radius 1 is 1.33 bits per heavy atom. The summed E-state index contributed by atoms with van der Waals surface area (Å²) in [6.07, 6.45) is 2.73. The first-order valence-corrected chi connectivity index (χ1v) is 5.86. The molecule has 0 heterocycles. The Bertz CT molecular complexity index is 306. The molecule has 1 aliphatic carbocycles. The van der Waals surface area contributed by atoms with Gasteiger partial charge in [0.2, 0.25) is 0 Å². The molecule has 3 heteroatoms. The van der Waals surface area contributed by atoms with Gasteiger partial charge in [0.05, 0.1) is 0 Å². The van der Waals surface area contributed by atoms with E-state index in [-0.39, 0.29) is 6.04 Å². The van der Waals surface area contributed by atoms with Gasteiger partial charge in [-0.3, -0.25) is 0 Å². The Morgan fingerprint density at radius 2 is 2.00 bits per heavy atom. The molecule has 82 valence electrons. The molecule has 0 spiro atoms. The summed E-state index contributed by atoms with van der Waals surface area (Å²) in [5, 5.41) is 4.27. The minimum Gasteiger partial charge on any atom is -0.329 e. The van der Waals surface area contributed by atoms with E-state index in [2.05, 4.69) is 5.32 Å². The Balaban J connectivity index is 1.94. The second-order valence-electron chi connectivity index (χ2n) is 4.19. The van der Waals surface area contributed by atoms with Crippen LogP contribution in [-0.4, -0.2) is 13.1 Å². The third-order valence-electron chi connectivity index (χ3n) is 2.86. The van der Waals surface area contributed by atoms with Crippen molar-refractivity contribution < 1.29 is 0 Å². The van der Waals surface area contributed by atoms with Crippen LogP contribution in [0.5, 0.6) is 0 Å². The second-order valence-corrected chi connectivity index (χ2v) is 4.63. The summed E-state index contributed by atoms with van der Waals surface area (Å²) in [5.74, 6) is 0.881. The normalized spacial score (nSPS) is 17.7. The van der Waals surface area contributed by atoms with Gasteiger partial charge >= 0.3 is 0 Å². The quantitative estimate of drug-likeness (QED) is 0.806. The molecule has 1 saturated carbocycles. The highest BCUT2D eigenvalue weighted by molar-refractivity contribution is 6.30. The number of benzene rings is 1. The second kappa shape index (κ2) is 4.97. The lowest BCUT2D eigenvalue weighted by Gasteiger charge is -2.17. The zero-order valence-corrected chi connectivity index (χ0v) is 9.50. The van der Waals surface area contributed by atoms with Gasteiger partial charge in [0.15, 0.2) is 0 Å². The molecule has 15 heavy (non-hydrogen) atoms. The van der Waals surface area contributed by atoms with Crippen LogP contribution in [0, 0.1) is 5.92 Å². The molecule has 0 saturated heterocycles. The SMILES string of the molecule is NCC(NCC1CC1)c1ccc(Cl)cc1. The summed E-state index contributed by atoms with van der Waals surface area (Å²) in [4.78, 5) is 0. The van der Waals surface area contributed by atoms with Crippen LogP contribution < -0.4 is 11.1 Å². The molecule has 2 nitrogen and oxygen atoms in total. The Kier molecular flexibility index (Phi) is 3.62. The largest absolute Gasteiger partial charge is 0.329 e. The molecule has 0 aliphatic heterocycles. The highest BCUT2D eigenvalue weighted by Crippen LogP contribution is 2.28. The predicted octanol–water partition coefficient (Wildman–Crippen LogP) is 2.34. The summed E-state index contributed by atoms with van der Waals surface area (Å²) < 4.78 is 0. The van der Waals surface area contributed by atoms with Gasteiger partial charge < -0.3 is 11.1 Å². The summed E-state index contributed by atoms with van der Waals surface area (Å²) in [5.41, 5.74) is 6.98. The van der Waals surface area contributed by atoms with Crippen LogP contribution >= 0.6 is 11.6 Å². The van der Waals surface area contributed by atoms with E-state index < -0.39 is 0 Å². The first kappa shape index (κ1) is 10.9. The number of nitrogens with two attached hydrogens (primary N) is 1. The van der Waals surface area contributed by atoms with Crippen molar-refractivity contribution in [3.63, 3.8) is 0 Å². The van der Waals surface area contributed by atoms with Crippen molar-refractivity contribution in [3.05, 3.63) is 34.9 Å². The van der Waals surface area contributed by atoms with Gasteiger partial charge in [0.25, 0.3) is 0 Å². The van der Waals surface area contributed by atoms with E-state index in [1.54, 1.807) is 0 Å². The van der Waals surface area contributed by atoms with E-state index in [1.807, 2.05) is 24.3 Å². The molecule has 1 atom stereocenters. The first-order chi connectivity index (χ1) is 7.29. The molecule has 1 aromatic carbocycles. The molecule has 0 amide bonds. The van der Waals surface area contributed by atoms with Crippen molar-refractivity contribution in [2.45, 2.75) is 18.9 Å². The van der Waals surface area contributed by atoms with Crippen molar-refractivity contribution >= 4 is 11.6 Å². The first-order valence-electron chi connectivity index (χ1n) is 5.48. The predicted molar refractivity (Wildman–Crippen MR) is 64.0 cm³/mol. The van der Waals surface area contributed by atoms with Gasteiger partial charge in [-0.2, -0.15) is 0 Å². The third-order valence-corrected chi connectivity index (χ3v) is 3.11. The molecule has 1 fully saturated rings. The summed E-state index contributed by atoms with van der Waals surface area (Å²) in [6.45, 7) is 1.72. The van der Waals surface area contributed by atoms with E-state index >= 15 is 0 Å². The van der Waals surface area contributed by atoms with Gasteiger partial charge in [-0.25, -0.2) is 0 Å². The molecule has 1 aromatic rings. The number of rotatable bonds is 5. The summed E-state index contributed by atoms with van der Waals surface area (Å²) in [6, 6.07) is 8.18. The van der Waals surface area contributed by atoms with E-state index in [0.717, 1.165) is 17.5 Å². The molecule has 1 aliphatic rings.